The highest BCUT2D eigenvalue weighted by Gasteiger charge is 2.40. The summed E-state index contributed by atoms with van der Waals surface area (Å²) in [6.07, 6.45) is 3.95. The van der Waals surface area contributed by atoms with E-state index in [9.17, 15) is 18.0 Å². The highest BCUT2D eigenvalue weighted by molar-refractivity contribution is 7.87. The van der Waals surface area contributed by atoms with Crippen molar-refractivity contribution < 1.29 is 22.2 Å². The molecule has 34 heavy (non-hydrogen) atoms. The second kappa shape index (κ2) is 8.71. The topological polar surface area (TPSA) is 89.5 Å². The molecule has 0 unspecified atom stereocenters. The van der Waals surface area contributed by atoms with Crippen molar-refractivity contribution in [2.75, 3.05) is 0 Å². The van der Waals surface area contributed by atoms with Gasteiger partial charge in [-0.05, 0) is 62.4 Å². The Bertz CT molecular complexity index is 1330. The number of hydrogen-bond acceptors (Lipinski definition) is 6. The summed E-state index contributed by atoms with van der Waals surface area (Å²) in [4.78, 5) is 25.9. The van der Waals surface area contributed by atoms with Crippen LogP contribution in [0.15, 0.2) is 69.9 Å². The van der Waals surface area contributed by atoms with Gasteiger partial charge in [0, 0.05) is 41.3 Å². The third-order valence-corrected chi connectivity index (χ3v) is 8.13. The third kappa shape index (κ3) is 4.07. The molecule has 0 fully saturated rings. The van der Waals surface area contributed by atoms with Crippen LogP contribution in [-0.4, -0.2) is 20.0 Å². The van der Waals surface area contributed by atoms with Crippen LogP contribution in [0.2, 0.25) is 5.02 Å². The van der Waals surface area contributed by atoms with E-state index in [2.05, 4.69) is 5.32 Å². The lowest BCUT2D eigenvalue weighted by atomic mass is 9.71. The van der Waals surface area contributed by atoms with E-state index >= 15 is 0 Å². The van der Waals surface area contributed by atoms with Crippen molar-refractivity contribution in [2.45, 2.75) is 56.3 Å². The summed E-state index contributed by atoms with van der Waals surface area (Å²) < 4.78 is 30.8. The highest BCUT2D eigenvalue weighted by atomic mass is 35.5. The zero-order valence-corrected chi connectivity index (χ0v) is 20.3. The van der Waals surface area contributed by atoms with E-state index < -0.39 is 16.0 Å². The molecule has 2 aliphatic carbocycles. The number of aryl methyl sites for hydroxylation is 1. The molecule has 0 amide bonds. The molecule has 1 N–H and O–H groups in total. The summed E-state index contributed by atoms with van der Waals surface area (Å²) in [7, 11) is -4.07. The fourth-order valence-electron chi connectivity index (χ4n) is 4.95. The molecule has 2 aromatic rings. The zero-order chi connectivity index (χ0) is 24.0. The lowest BCUT2D eigenvalue weighted by molar-refractivity contribution is -0.117. The second-order valence-electron chi connectivity index (χ2n) is 8.94. The van der Waals surface area contributed by atoms with E-state index in [1.165, 1.54) is 18.2 Å². The summed E-state index contributed by atoms with van der Waals surface area (Å²) >= 11 is 6.48. The van der Waals surface area contributed by atoms with Gasteiger partial charge in [-0.2, -0.15) is 8.42 Å². The molecule has 0 radical (unpaired) electrons. The molecule has 1 heterocycles. The molecule has 1 aliphatic heterocycles. The number of dihydropyridines is 1. The SMILES string of the molecule is Cc1ccc(S(=O)(=O)Oc2ccc(C3C4=C(CCCC4=O)NC4=C3C(=O)CCC4)cc2Cl)cc1. The second-order valence-corrected chi connectivity index (χ2v) is 10.9. The summed E-state index contributed by atoms with van der Waals surface area (Å²) in [6.45, 7) is 1.86. The van der Waals surface area contributed by atoms with Crippen molar-refractivity contribution in [3.8, 4) is 5.75 Å². The summed E-state index contributed by atoms with van der Waals surface area (Å²) in [6, 6.07) is 11.1. The van der Waals surface area contributed by atoms with Gasteiger partial charge in [0.05, 0.1) is 5.02 Å². The van der Waals surface area contributed by atoms with Gasteiger partial charge in [0.1, 0.15) is 4.90 Å². The quantitative estimate of drug-likeness (QED) is 0.590. The van der Waals surface area contributed by atoms with Gasteiger partial charge in [-0.1, -0.05) is 35.4 Å². The number of halogens is 1. The number of carbonyl (C=O) groups excluding carboxylic acids is 2. The van der Waals surface area contributed by atoms with Gasteiger partial charge >= 0.3 is 10.1 Å². The van der Waals surface area contributed by atoms with Gasteiger partial charge in [-0.3, -0.25) is 9.59 Å². The van der Waals surface area contributed by atoms with Crippen LogP contribution in [0, 0.1) is 6.92 Å². The summed E-state index contributed by atoms with van der Waals surface area (Å²) in [5.74, 6) is -0.454. The van der Waals surface area contributed by atoms with E-state index in [0.717, 1.165) is 42.6 Å². The molecule has 0 bridgehead atoms. The number of nitrogens with one attached hydrogen (secondary N) is 1. The van der Waals surface area contributed by atoms with Crippen LogP contribution in [0.5, 0.6) is 5.75 Å². The van der Waals surface area contributed by atoms with Gasteiger partial charge in [-0.25, -0.2) is 0 Å². The summed E-state index contributed by atoms with van der Waals surface area (Å²) in [5, 5.41) is 3.48. The minimum Gasteiger partial charge on any atom is -0.377 e. The maximum atomic E-state index is 12.9. The van der Waals surface area contributed by atoms with Crippen LogP contribution in [0.25, 0.3) is 0 Å². The number of ketones is 2. The Morgan fingerprint density at radius 2 is 1.47 bits per heavy atom. The fraction of sp³-hybridized carbons (Fsp3) is 0.308. The first kappa shape index (κ1) is 22.9. The van der Waals surface area contributed by atoms with Gasteiger partial charge < -0.3 is 9.50 Å². The predicted octanol–water partition coefficient (Wildman–Crippen LogP) is 5.12. The Morgan fingerprint density at radius 1 is 0.882 bits per heavy atom. The Morgan fingerprint density at radius 3 is 2.03 bits per heavy atom. The first-order chi connectivity index (χ1) is 16.2. The smallest absolute Gasteiger partial charge is 0.339 e. The molecule has 3 aliphatic rings. The molecule has 0 spiro atoms. The van der Waals surface area contributed by atoms with Crippen molar-refractivity contribution in [3.05, 3.63) is 81.2 Å². The van der Waals surface area contributed by atoms with Crippen LogP contribution in [0.4, 0.5) is 0 Å². The third-order valence-electron chi connectivity index (χ3n) is 6.59. The van der Waals surface area contributed by atoms with Crippen LogP contribution in [0.3, 0.4) is 0 Å². The zero-order valence-electron chi connectivity index (χ0n) is 18.7. The summed E-state index contributed by atoms with van der Waals surface area (Å²) in [5.41, 5.74) is 4.62. The number of Topliss-reactive ketones (excluding diaryl/α,β-unsaturated/α-hetero) is 2. The van der Waals surface area contributed by atoms with E-state index in [0.29, 0.717) is 29.6 Å². The Hall–Kier alpha value is -2.90. The molecular weight excluding hydrogens is 474 g/mol. The standard InChI is InChI=1S/C26H24ClNO5S/c1-15-8-11-17(12-9-15)34(31,32)33-23-13-10-16(14-18(23)27)24-25-19(4-2-6-21(25)29)28-20-5-3-7-22(30)26(20)24/h8-14,24,28H,2-7H2,1H3. The molecule has 0 saturated heterocycles. The molecule has 0 aromatic heterocycles. The largest absolute Gasteiger partial charge is 0.377 e. The van der Waals surface area contributed by atoms with Crippen molar-refractivity contribution in [2.24, 2.45) is 0 Å². The maximum Gasteiger partial charge on any atom is 0.339 e. The Kier molecular flexibility index (Phi) is 5.86. The van der Waals surface area contributed by atoms with E-state index in [4.69, 9.17) is 15.8 Å². The highest BCUT2D eigenvalue weighted by Crippen LogP contribution is 2.46. The van der Waals surface area contributed by atoms with E-state index in [1.807, 2.05) is 6.92 Å². The van der Waals surface area contributed by atoms with Crippen LogP contribution in [-0.2, 0) is 19.7 Å². The fourth-order valence-corrected chi connectivity index (χ4v) is 6.17. The first-order valence-electron chi connectivity index (χ1n) is 11.3. The van der Waals surface area contributed by atoms with Crippen molar-refractivity contribution in [1.29, 1.82) is 0 Å². The number of rotatable bonds is 4. The van der Waals surface area contributed by atoms with Crippen LogP contribution in [0.1, 0.15) is 55.6 Å². The monoisotopic (exact) mass is 497 g/mol. The predicted molar refractivity (Wildman–Crippen MR) is 128 cm³/mol. The molecular formula is C26H24ClNO5S. The number of allylic oxidation sites excluding steroid dienone is 4. The molecule has 0 saturated carbocycles. The molecule has 6 nitrogen and oxygen atoms in total. The Labute approximate surface area is 203 Å². The van der Waals surface area contributed by atoms with Crippen molar-refractivity contribution in [3.63, 3.8) is 0 Å². The molecule has 8 heteroatoms. The molecule has 0 atom stereocenters. The van der Waals surface area contributed by atoms with Gasteiger partial charge in [0.25, 0.3) is 0 Å². The minimum atomic E-state index is -4.07. The van der Waals surface area contributed by atoms with Gasteiger partial charge in [0.15, 0.2) is 17.3 Å². The van der Waals surface area contributed by atoms with E-state index in [1.54, 1.807) is 24.3 Å². The molecule has 176 valence electrons. The average Bonchev–Trinajstić information content (AvgIpc) is 2.80. The normalized spacial score (nSPS) is 19.0. The van der Waals surface area contributed by atoms with E-state index in [-0.39, 0.29) is 27.2 Å². The average molecular weight is 498 g/mol. The molecule has 5 rings (SSSR count). The minimum absolute atomic E-state index is 0.00623. The number of benzene rings is 2. The lowest BCUT2D eigenvalue weighted by Crippen LogP contribution is -2.36. The molecule has 2 aromatic carbocycles. The lowest BCUT2D eigenvalue weighted by Gasteiger charge is -2.37. The number of hydrogen-bond donors (Lipinski definition) is 1. The van der Waals surface area contributed by atoms with Crippen LogP contribution >= 0.6 is 11.6 Å². The first-order valence-corrected chi connectivity index (χ1v) is 13.1. The van der Waals surface area contributed by atoms with Crippen LogP contribution < -0.4 is 9.50 Å². The van der Waals surface area contributed by atoms with Gasteiger partial charge in [-0.15, -0.1) is 0 Å². The van der Waals surface area contributed by atoms with Crippen molar-refractivity contribution in [1.82, 2.24) is 5.32 Å². The van der Waals surface area contributed by atoms with Crippen molar-refractivity contribution >= 4 is 33.3 Å². The van der Waals surface area contributed by atoms with Gasteiger partial charge in [0.2, 0.25) is 0 Å². The maximum absolute atomic E-state index is 12.9. The Balaban J connectivity index is 1.53. The number of carbonyl (C=O) groups is 2.